The molecule has 0 aromatic heterocycles. The molecule has 0 amide bonds. The lowest BCUT2D eigenvalue weighted by atomic mass is 9.76. The maximum absolute atomic E-state index is 10.3. The Morgan fingerprint density at radius 3 is 1.88 bits per heavy atom. The molecule has 0 radical (unpaired) electrons. The molecule has 25 heavy (non-hydrogen) atoms. The lowest BCUT2D eigenvalue weighted by Gasteiger charge is -2.48. The molecule has 0 aromatic rings. The van der Waals surface area contributed by atoms with Gasteiger partial charge in [0.25, 0.3) is 0 Å². The van der Waals surface area contributed by atoms with Crippen molar-refractivity contribution < 1.29 is 50.3 Å². The van der Waals surface area contributed by atoms with Gasteiger partial charge in [0.2, 0.25) is 0 Å². The van der Waals surface area contributed by atoms with Gasteiger partial charge in [0.05, 0.1) is 37.5 Å². The van der Waals surface area contributed by atoms with Gasteiger partial charge in [0.1, 0.15) is 30.5 Å². The van der Waals surface area contributed by atoms with Crippen LogP contribution >= 0.6 is 0 Å². The Morgan fingerprint density at radius 1 is 0.760 bits per heavy atom. The number of methoxy groups -OCH3 is 1. The molecule has 1 saturated carbocycles. The molecule has 11 heteroatoms. The average Bonchev–Trinajstić information content (AvgIpc) is 2.61. The van der Waals surface area contributed by atoms with Crippen LogP contribution in [-0.2, 0) is 9.47 Å². The molecular weight excluding hydrogens is 342 g/mol. The Balaban J connectivity index is 2.20. The molecule has 2 aliphatic rings. The molecule has 9 N–H and O–H groups in total. The van der Waals surface area contributed by atoms with Crippen LogP contribution < -0.4 is 5.32 Å². The predicted molar refractivity (Wildman–Crippen MR) is 80.1 cm³/mol. The van der Waals surface area contributed by atoms with Crippen molar-refractivity contribution in [2.75, 3.05) is 20.3 Å². The fourth-order valence-electron chi connectivity index (χ4n) is 3.46. The van der Waals surface area contributed by atoms with Gasteiger partial charge in [-0.2, -0.15) is 0 Å². The Hall–Kier alpha value is -0.440. The summed E-state index contributed by atoms with van der Waals surface area (Å²) < 4.78 is 10.2. The number of aliphatic hydroxyl groups is 8. The highest BCUT2D eigenvalue weighted by atomic mass is 16.7. The highest BCUT2D eigenvalue weighted by Crippen LogP contribution is 2.29. The zero-order valence-electron chi connectivity index (χ0n) is 13.7. The van der Waals surface area contributed by atoms with Crippen LogP contribution in [0.4, 0.5) is 0 Å². The van der Waals surface area contributed by atoms with Crippen LogP contribution in [0, 0.1) is 5.92 Å². The summed E-state index contributed by atoms with van der Waals surface area (Å²) in [6, 6.07) is -2.39. The third-order valence-electron chi connectivity index (χ3n) is 5.03. The summed E-state index contributed by atoms with van der Waals surface area (Å²) in [4.78, 5) is 0. The molecule has 1 heterocycles. The highest BCUT2D eigenvalue weighted by molar-refractivity contribution is 5.05. The second-order valence-electron chi connectivity index (χ2n) is 6.47. The number of nitrogens with one attached hydrogen (secondary N) is 1. The molecule has 148 valence electrons. The first kappa shape index (κ1) is 20.9. The zero-order chi connectivity index (χ0) is 18.9. The molecule has 11 unspecified atom stereocenters. The largest absolute Gasteiger partial charge is 0.396 e. The monoisotopic (exact) mass is 369 g/mol. The first-order valence-electron chi connectivity index (χ1n) is 8.02. The third-order valence-corrected chi connectivity index (χ3v) is 5.03. The van der Waals surface area contributed by atoms with Crippen LogP contribution in [0.2, 0.25) is 0 Å². The number of hydrogen-bond donors (Lipinski definition) is 9. The maximum atomic E-state index is 10.3. The summed E-state index contributed by atoms with van der Waals surface area (Å²) in [5.41, 5.74) is 0. The number of rotatable bonds is 5. The van der Waals surface area contributed by atoms with Crippen molar-refractivity contribution >= 4 is 0 Å². The lowest BCUT2D eigenvalue weighted by molar-refractivity contribution is -0.275. The summed E-state index contributed by atoms with van der Waals surface area (Å²) in [6.45, 7) is -1.21. The molecule has 1 aliphatic heterocycles. The number of ether oxygens (including phenoxy) is 2. The number of hydrogen-bond acceptors (Lipinski definition) is 11. The van der Waals surface area contributed by atoms with Crippen LogP contribution in [0.15, 0.2) is 0 Å². The van der Waals surface area contributed by atoms with Crippen LogP contribution in [0.5, 0.6) is 0 Å². The molecule has 2 fully saturated rings. The molecular formula is C14H27NO10. The van der Waals surface area contributed by atoms with E-state index in [1.54, 1.807) is 0 Å². The molecule has 1 aliphatic carbocycles. The Morgan fingerprint density at radius 2 is 1.36 bits per heavy atom. The van der Waals surface area contributed by atoms with E-state index >= 15 is 0 Å². The third kappa shape index (κ3) is 3.82. The van der Waals surface area contributed by atoms with Crippen molar-refractivity contribution in [2.24, 2.45) is 5.92 Å². The minimum absolute atomic E-state index is 0.561. The van der Waals surface area contributed by atoms with Crippen molar-refractivity contribution in [3.8, 4) is 0 Å². The van der Waals surface area contributed by atoms with E-state index in [0.29, 0.717) is 0 Å². The minimum atomic E-state index is -1.65. The van der Waals surface area contributed by atoms with E-state index in [9.17, 15) is 40.9 Å². The quantitative estimate of drug-likeness (QED) is 0.224. The fraction of sp³-hybridized carbons (Fsp3) is 1.00. The normalized spacial score (nSPS) is 51.5. The van der Waals surface area contributed by atoms with Crippen molar-refractivity contribution in [1.82, 2.24) is 5.32 Å². The van der Waals surface area contributed by atoms with E-state index in [2.05, 4.69) is 5.32 Å². The van der Waals surface area contributed by atoms with Crippen LogP contribution in [0.3, 0.4) is 0 Å². The standard InChI is InChI=1S/C14H27NO10/c1-24-14-13(23)10(20)6(5(3-17)25-14)15-7-8(18)4(2-16)9(19)12(22)11(7)21/h4-23H,2-3H2,1H3. The smallest absolute Gasteiger partial charge is 0.186 e. The Labute approximate surface area is 144 Å². The molecule has 11 atom stereocenters. The van der Waals surface area contributed by atoms with Gasteiger partial charge in [-0.1, -0.05) is 0 Å². The van der Waals surface area contributed by atoms with Gasteiger partial charge < -0.3 is 55.6 Å². The predicted octanol–water partition coefficient (Wildman–Crippen LogP) is -5.54. The van der Waals surface area contributed by atoms with Gasteiger partial charge >= 0.3 is 0 Å². The maximum Gasteiger partial charge on any atom is 0.186 e. The van der Waals surface area contributed by atoms with E-state index < -0.39 is 80.2 Å². The Kier molecular flexibility index (Phi) is 7.09. The summed E-state index contributed by atoms with van der Waals surface area (Å²) in [6.07, 6.45) is -11.5. The summed E-state index contributed by atoms with van der Waals surface area (Å²) in [5.74, 6) is -1.14. The molecule has 2 rings (SSSR count). The SMILES string of the molecule is COC1OC(CO)C(NC2C(O)C(O)C(O)C(CO)C2O)C(O)C1O. The second-order valence-corrected chi connectivity index (χ2v) is 6.47. The molecule has 11 nitrogen and oxygen atoms in total. The summed E-state index contributed by atoms with van der Waals surface area (Å²) in [5, 5.41) is 81.9. The first-order valence-corrected chi connectivity index (χ1v) is 8.02. The van der Waals surface area contributed by atoms with Crippen molar-refractivity contribution in [1.29, 1.82) is 0 Å². The fourth-order valence-corrected chi connectivity index (χ4v) is 3.46. The second kappa shape index (κ2) is 8.50. The van der Waals surface area contributed by atoms with E-state index in [4.69, 9.17) is 9.47 Å². The van der Waals surface area contributed by atoms with Crippen molar-refractivity contribution in [3.05, 3.63) is 0 Å². The summed E-state index contributed by atoms with van der Waals surface area (Å²) >= 11 is 0. The summed E-state index contributed by atoms with van der Waals surface area (Å²) in [7, 11) is 1.25. The van der Waals surface area contributed by atoms with Gasteiger partial charge in [-0.3, -0.25) is 0 Å². The van der Waals surface area contributed by atoms with E-state index in [1.165, 1.54) is 7.11 Å². The van der Waals surface area contributed by atoms with Crippen LogP contribution in [0.1, 0.15) is 0 Å². The molecule has 1 saturated heterocycles. The van der Waals surface area contributed by atoms with E-state index in [0.717, 1.165) is 0 Å². The topological polar surface area (TPSA) is 192 Å². The molecule has 0 bridgehead atoms. The van der Waals surface area contributed by atoms with Gasteiger partial charge in [-0.15, -0.1) is 0 Å². The first-order chi connectivity index (χ1) is 11.8. The van der Waals surface area contributed by atoms with Gasteiger partial charge in [-0.25, -0.2) is 0 Å². The average molecular weight is 369 g/mol. The van der Waals surface area contributed by atoms with Crippen LogP contribution in [-0.4, -0.2) is 122 Å². The molecule has 0 spiro atoms. The van der Waals surface area contributed by atoms with Gasteiger partial charge in [0.15, 0.2) is 6.29 Å². The highest BCUT2D eigenvalue weighted by Gasteiger charge is 2.52. The van der Waals surface area contributed by atoms with Crippen molar-refractivity contribution in [3.63, 3.8) is 0 Å². The van der Waals surface area contributed by atoms with Gasteiger partial charge in [-0.05, 0) is 0 Å². The van der Waals surface area contributed by atoms with E-state index in [1.807, 2.05) is 0 Å². The molecule has 0 aromatic carbocycles. The lowest BCUT2D eigenvalue weighted by Crippen LogP contribution is -2.72. The van der Waals surface area contributed by atoms with E-state index in [-0.39, 0.29) is 0 Å². The van der Waals surface area contributed by atoms with Crippen LogP contribution in [0.25, 0.3) is 0 Å². The number of aliphatic hydroxyl groups excluding tert-OH is 8. The van der Waals surface area contributed by atoms with Gasteiger partial charge in [0, 0.05) is 13.0 Å². The zero-order valence-corrected chi connectivity index (χ0v) is 13.7. The van der Waals surface area contributed by atoms with Crippen molar-refractivity contribution in [2.45, 2.75) is 61.1 Å². The minimum Gasteiger partial charge on any atom is -0.396 e. The Bertz CT molecular complexity index is 426.